The van der Waals surface area contributed by atoms with E-state index in [0.717, 1.165) is 5.56 Å². The third-order valence-electron chi connectivity index (χ3n) is 5.57. The number of nitrogens with zero attached hydrogens (tertiary/aromatic N) is 2. The highest BCUT2D eigenvalue weighted by Gasteiger charge is 2.31. The molecule has 1 atom stereocenters. The lowest BCUT2D eigenvalue weighted by Crippen LogP contribution is -2.39. The molecule has 9 heteroatoms. The van der Waals surface area contributed by atoms with Crippen LogP contribution in [0.2, 0.25) is 0 Å². The van der Waals surface area contributed by atoms with E-state index >= 15 is 0 Å². The number of hydrogen-bond donors (Lipinski definition) is 0. The molecule has 0 aliphatic carbocycles. The SMILES string of the molecule is C=CCOc1ccccc1/C=c1\sc2n(c1=O)[C@H](c1ccc(OCC)c(OCC)c1)C(C(=O)OC)=CN=2. The molecule has 1 aliphatic rings. The summed E-state index contributed by atoms with van der Waals surface area (Å²) in [5.41, 5.74) is 1.37. The first-order valence-corrected chi connectivity index (χ1v) is 12.7. The first-order valence-electron chi connectivity index (χ1n) is 11.8. The van der Waals surface area contributed by atoms with Crippen molar-refractivity contribution in [1.29, 1.82) is 0 Å². The van der Waals surface area contributed by atoms with Crippen molar-refractivity contribution < 1.29 is 23.7 Å². The molecule has 2 aromatic carbocycles. The molecule has 0 N–H and O–H groups in total. The van der Waals surface area contributed by atoms with Gasteiger partial charge in [0.25, 0.3) is 5.56 Å². The van der Waals surface area contributed by atoms with Crippen molar-refractivity contribution >= 4 is 23.4 Å². The largest absolute Gasteiger partial charge is 0.490 e. The van der Waals surface area contributed by atoms with Crippen molar-refractivity contribution in [1.82, 2.24) is 4.57 Å². The van der Waals surface area contributed by atoms with Crippen molar-refractivity contribution in [3.63, 3.8) is 0 Å². The predicted octanol–water partition coefficient (Wildman–Crippen LogP) is 3.38. The smallest absolute Gasteiger partial charge is 0.337 e. The van der Waals surface area contributed by atoms with Crippen LogP contribution >= 0.6 is 11.3 Å². The average Bonchev–Trinajstić information content (AvgIpc) is 3.23. The Morgan fingerprint density at radius 2 is 1.84 bits per heavy atom. The maximum Gasteiger partial charge on any atom is 0.337 e. The van der Waals surface area contributed by atoms with Gasteiger partial charge in [-0.1, -0.05) is 48.3 Å². The molecule has 37 heavy (non-hydrogen) atoms. The Morgan fingerprint density at radius 3 is 2.57 bits per heavy atom. The highest BCUT2D eigenvalue weighted by molar-refractivity contribution is 7.07. The summed E-state index contributed by atoms with van der Waals surface area (Å²) in [6, 6.07) is 12.1. The van der Waals surface area contributed by atoms with Crippen LogP contribution in [0, 0.1) is 0 Å². The molecule has 0 bridgehead atoms. The maximum absolute atomic E-state index is 13.8. The van der Waals surface area contributed by atoms with Crippen LogP contribution in [0.15, 0.2) is 76.7 Å². The molecule has 0 radical (unpaired) electrons. The van der Waals surface area contributed by atoms with Crippen LogP contribution in [-0.2, 0) is 9.53 Å². The number of carbonyl (C=O) groups excluding carboxylic acids is 1. The van der Waals surface area contributed by atoms with Crippen molar-refractivity contribution in [2.75, 3.05) is 26.9 Å². The van der Waals surface area contributed by atoms with Crippen LogP contribution in [0.1, 0.15) is 31.0 Å². The molecule has 4 rings (SSSR count). The standard InChI is InChI=1S/C28H28N2O6S/c1-5-14-36-21-11-9-8-10-18(21)16-24-26(31)30-25(20(27(32)33-4)17-29-28(30)37-24)19-12-13-22(34-6-2)23(15-19)35-7-3/h5,8-13,15-17,25H,1,6-7,14H2,2-4H3/b24-16-/t25-/m1/s1. The Morgan fingerprint density at radius 1 is 1.08 bits per heavy atom. The molecule has 0 unspecified atom stereocenters. The topological polar surface area (TPSA) is 88.3 Å². The van der Waals surface area contributed by atoms with Gasteiger partial charge in [0, 0.05) is 11.8 Å². The molecule has 0 spiro atoms. The summed E-state index contributed by atoms with van der Waals surface area (Å²) in [6.45, 7) is 8.70. The molecular weight excluding hydrogens is 492 g/mol. The second-order valence-electron chi connectivity index (χ2n) is 7.89. The fourth-order valence-electron chi connectivity index (χ4n) is 4.01. The molecule has 8 nitrogen and oxygen atoms in total. The van der Waals surface area contributed by atoms with Crippen LogP contribution in [0.25, 0.3) is 6.08 Å². The first kappa shape index (κ1) is 26.0. The third-order valence-corrected chi connectivity index (χ3v) is 6.57. The summed E-state index contributed by atoms with van der Waals surface area (Å²) in [5, 5.41) is 0. The van der Waals surface area contributed by atoms with Crippen LogP contribution < -0.4 is 29.1 Å². The lowest BCUT2D eigenvalue weighted by molar-refractivity contribution is -0.136. The number of aromatic nitrogens is 1. The van der Waals surface area contributed by atoms with Gasteiger partial charge in [-0.3, -0.25) is 9.36 Å². The van der Waals surface area contributed by atoms with E-state index in [1.165, 1.54) is 29.2 Å². The molecular formula is C28H28N2O6S. The zero-order chi connectivity index (χ0) is 26.4. The van der Waals surface area contributed by atoms with Crippen molar-refractivity contribution in [3.8, 4) is 17.2 Å². The normalized spacial score (nSPS) is 14.7. The number of para-hydroxylation sites is 1. The first-order chi connectivity index (χ1) is 18.0. The highest BCUT2D eigenvalue weighted by atomic mass is 32.1. The van der Waals surface area contributed by atoms with Gasteiger partial charge in [-0.15, -0.1) is 0 Å². The second-order valence-corrected chi connectivity index (χ2v) is 8.89. The number of carbonyl (C=O) groups is 1. The summed E-state index contributed by atoms with van der Waals surface area (Å²) in [7, 11) is 1.30. The van der Waals surface area contributed by atoms with E-state index < -0.39 is 12.0 Å². The van der Waals surface area contributed by atoms with E-state index in [1.807, 2.05) is 44.2 Å². The van der Waals surface area contributed by atoms with E-state index in [9.17, 15) is 9.59 Å². The Kier molecular flexibility index (Phi) is 8.25. The highest BCUT2D eigenvalue weighted by Crippen LogP contribution is 2.35. The van der Waals surface area contributed by atoms with Gasteiger partial charge in [-0.05, 0) is 43.7 Å². The zero-order valence-corrected chi connectivity index (χ0v) is 21.7. The van der Waals surface area contributed by atoms with Gasteiger partial charge >= 0.3 is 5.97 Å². The third kappa shape index (κ3) is 5.36. The average molecular weight is 521 g/mol. The van der Waals surface area contributed by atoms with E-state index in [4.69, 9.17) is 18.9 Å². The summed E-state index contributed by atoms with van der Waals surface area (Å²) in [5.74, 6) is 1.17. The summed E-state index contributed by atoms with van der Waals surface area (Å²) in [4.78, 5) is 31.4. The molecule has 1 aromatic heterocycles. The number of hydrogen-bond acceptors (Lipinski definition) is 8. The molecule has 1 aliphatic heterocycles. The summed E-state index contributed by atoms with van der Waals surface area (Å²) < 4.78 is 24.2. The van der Waals surface area contributed by atoms with E-state index in [0.29, 0.717) is 52.0 Å². The quantitative estimate of drug-likeness (QED) is 0.301. The van der Waals surface area contributed by atoms with Crippen LogP contribution in [0.5, 0.6) is 17.2 Å². The Hall–Kier alpha value is -4.11. The fourth-order valence-corrected chi connectivity index (χ4v) is 4.97. The molecule has 0 fully saturated rings. The molecule has 2 heterocycles. The van der Waals surface area contributed by atoms with E-state index in [1.54, 1.807) is 24.3 Å². The van der Waals surface area contributed by atoms with Crippen molar-refractivity contribution in [3.05, 3.63) is 97.7 Å². The van der Waals surface area contributed by atoms with Crippen LogP contribution in [-0.4, -0.2) is 37.5 Å². The van der Waals surface area contributed by atoms with E-state index in [-0.39, 0.29) is 11.1 Å². The molecule has 0 amide bonds. The number of fused-ring (bicyclic) bond motifs is 1. The van der Waals surface area contributed by atoms with Gasteiger partial charge in [0.15, 0.2) is 16.3 Å². The minimum Gasteiger partial charge on any atom is -0.490 e. The predicted molar refractivity (Wildman–Crippen MR) is 142 cm³/mol. The number of esters is 1. The van der Waals surface area contributed by atoms with Gasteiger partial charge in [-0.25, -0.2) is 9.79 Å². The van der Waals surface area contributed by atoms with Gasteiger partial charge in [0.2, 0.25) is 0 Å². The van der Waals surface area contributed by atoms with Gasteiger partial charge in [0.1, 0.15) is 12.4 Å². The number of methoxy groups -OCH3 is 1. The van der Waals surface area contributed by atoms with Crippen LogP contribution in [0.4, 0.5) is 0 Å². The van der Waals surface area contributed by atoms with Crippen molar-refractivity contribution in [2.45, 2.75) is 19.9 Å². The van der Waals surface area contributed by atoms with Crippen molar-refractivity contribution in [2.24, 2.45) is 4.99 Å². The summed E-state index contributed by atoms with van der Waals surface area (Å²) in [6.07, 6.45) is 4.89. The zero-order valence-electron chi connectivity index (χ0n) is 20.9. The fraction of sp³-hybridized carbons (Fsp3) is 0.250. The molecule has 192 valence electrons. The molecule has 0 saturated heterocycles. The lowest BCUT2D eigenvalue weighted by Gasteiger charge is -2.23. The number of thiazole rings is 1. The van der Waals surface area contributed by atoms with Gasteiger partial charge < -0.3 is 18.9 Å². The molecule has 3 aromatic rings. The monoisotopic (exact) mass is 520 g/mol. The Bertz CT molecular complexity index is 1520. The number of ether oxygens (including phenoxy) is 4. The minimum absolute atomic E-state index is 0.239. The Labute approximate surface area is 218 Å². The van der Waals surface area contributed by atoms with Gasteiger partial charge in [-0.2, -0.15) is 0 Å². The molecule has 0 saturated carbocycles. The second kappa shape index (κ2) is 11.7. The lowest BCUT2D eigenvalue weighted by atomic mass is 9.97. The van der Waals surface area contributed by atoms with Crippen LogP contribution in [0.3, 0.4) is 0 Å². The van der Waals surface area contributed by atoms with Gasteiger partial charge in [0.05, 0.1) is 36.5 Å². The minimum atomic E-state index is -0.756. The number of rotatable bonds is 10. The number of benzene rings is 2. The van der Waals surface area contributed by atoms with E-state index in [2.05, 4.69) is 11.6 Å². The Balaban J connectivity index is 1.89. The maximum atomic E-state index is 13.8. The summed E-state index contributed by atoms with van der Waals surface area (Å²) >= 11 is 1.23.